The van der Waals surface area contributed by atoms with E-state index in [9.17, 15) is 9.18 Å². The van der Waals surface area contributed by atoms with Gasteiger partial charge >= 0.3 is 0 Å². The number of aromatic nitrogens is 3. The Kier molecular flexibility index (Phi) is 4.53. The number of nitrogens with two attached hydrogens (primary N) is 1. The van der Waals surface area contributed by atoms with Gasteiger partial charge in [0, 0.05) is 22.9 Å². The van der Waals surface area contributed by atoms with Crippen LogP contribution in [-0.4, -0.2) is 21.0 Å². The van der Waals surface area contributed by atoms with Crippen molar-refractivity contribution in [1.82, 2.24) is 20.4 Å². The first-order valence-corrected chi connectivity index (χ1v) is 8.75. The fourth-order valence-electron chi connectivity index (χ4n) is 3.23. The lowest BCUT2D eigenvalue weighted by molar-refractivity contribution is 0.0940. The summed E-state index contributed by atoms with van der Waals surface area (Å²) < 4.78 is 18.6. The maximum absolute atomic E-state index is 13.3. The number of halogens is 1. The Morgan fingerprint density at radius 3 is 2.93 bits per heavy atom. The van der Waals surface area contributed by atoms with Gasteiger partial charge in [-0.3, -0.25) is 4.79 Å². The van der Waals surface area contributed by atoms with Gasteiger partial charge in [-0.25, -0.2) is 14.4 Å². The van der Waals surface area contributed by atoms with Crippen LogP contribution in [0.3, 0.4) is 0 Å². The number of nitrogens with one attached hydrogen (secondary N) is 1. The zero-order valence-electron chi connectivity index (χ0n) is 14.5. The van der Waals surface area contributed by atoms with Gasteiger partial charge in [-0.05, 0) is 37.8 Å². The molecule has 0 radical (unpaired) electrons. The summed E-state index contributed by atoms with van der Waals surface area (Å²) >= 11 is 0. The van der Waals surface area contributed by atoms with Crippen molar-refractivity contribution >= 4 is 11.9 Å². The first-order chi connectivity index (χ1) is 13.1. The molecule has 0 fully saturated rings. The molecule has 0 saturated carbocycles. The third-order valence-electron chi connectivity index (χ3n) is 4.52. The third-order valence-corrected chi connectivity index (χ3v) is 4.52. The Hall–Kier alpha value is -3.29. The summed E-state index contributed by atoms with van der Waals surface area (Å²) in [6, 6.07) is 7.73. The number of nitrogens with zero attached hydrogens (tertiary/aromatic N) is 3. The van der Waals surface area contributed by atoms with Crippen molar-refractivity contribution in [1.29, 1.82) is 0 Å². The quantitative estimate of drug-likeness (QED) is 0.734. The Morgan fingerprint density at radius 2 is 2.07 bits per heavy atom. The molecule has 0 spiro atoms. The number of hydrogen-bond acceptors (Lipinski definition) is 6. The van der Waals surface area contributed by atoms with Crippen molar-refractivity contribution < 1.29 is 13.7 Å². The number of anilines is 1. The third kappa shape index (κ3) is 3.64. The summed E-state index contributed by atoms with van der Waals surface area (Å²) in [4.78, 5) is 21.0. The predicted molar refractivity (Wildman–Crippen MR) is 96.2 cm³/mol. The summed E-state index contributed by atoms with van der Waals surface area (Å²) in [5.74, 6) is -0.116. The lowest BCUT2D eigenvalue weighted by Gasteiger charge is -2.17. The summed E-state index contributed by atoms with van der Waals surface area (Å²) in [5, 5.41) is 6.70. The lowest BCUT2D eigenvalue weighted by Crippen LogP contribution is -2.27. The average Bonchev–Trinajstić information content (AvgIpc) is 3.14. The van der Waals surface area contributed by atoms with Gasteiger partial charge in [0.1, 0.15) is 17.2 Å². The van der Waals surface area contributed by atoms with Crippen LogP contribution in [-0.2, 0) is 19.4 Å². The Labute approximate surface area is 154 Å². The molecule has 4 rings (SSSR count). The second-order valence-electron chi connectivity index (χ2n) is 6.43. The van der Waals surface area contributed by atoms with Gasteiger partial charge in [0.15, 0.2) is 5.76 Å². The van der Waals surface area contributed by atoms with Crippen LogP contribution in [0.5, 0.6) is 0 Å². The monoisotopic (exact) mass is 367 g/mol. The molecule has 0 atom stereocenters. The number of benzene rings is 1. The van der Waals surface area contributed by atoms with Gasteiger partial charge in [0.25, 0.3) is 5.91 Å². The molecule has 27 heavy (non-hydrogen) atoms. The van der Waals surface area contributed by atoms with Crippen molar-refractivity contribution in [2.24, 2.45) is 0 Å². The molecule has 1 aromatic carbocycles. The van der Waals surface area contributed by atoms with E-state index in [2.05, 4.69) is 20.4 Å². The molecule has 0 bridgehead atoms. The molecule has 0 unspecified atom stereocenters. The molecule has 2 heterocycles. The normalized spacial score (nSPS) is 13.2. The van der Waals surface area contributed by atoms with Gasteiger partial charge in [0.2, 0.25) is 5.95 Å². The van der Waals surface area contributed by atoms with Crippen molar-refractivity contribution in [3.63, 3.8) is 0 Å². The standard InChI is InChI=1S/C19H18FN5O2/c20-12-5-3-4-11(8-12)16-9-13(27-25-16)10-22-18(26)17-14-6-1-2-7-15(14)23-19(21)24-17/h3-5,8-9H,1-2,6-7,10H2,(H,22,26)(H2,21,23,24). The Balaban J connectivity index is 1.48. The molecule has 1 amide bonds. The van der Waals surface area contributed by atoms with E-state index in [1.54, 1.807) is 18.2 Å². The van der Waals surface area contributed by atoms with Crippen LogP contribution in [0.15, 0.2) is 34.9 Å². The molecule has 3 N–H and O–H groups in total. The number of rotatable bonds is 4. The van der Waals surface area contributed by atoms with E-state index in [0.717, 1.165) is 36.9 Å². The van der Waals surface area contributed by atoms with Crippen molar-refractivity contribution in [2.75, 3.05) is 5.73 Å². The molecule has 1 aliphatic carbocycles. The van der Waals surface area contributed by atoms with E-state index in [1.165, 1.54) is 12.1 Å². The number of fused-ring (bicyclic) bond motifs is 1. The molecule has 1 aliphatic rings. The summed E-state index contributed by atoms with van der Waals surface area (Å²) in [5.41, 5.74) is 8.90. The van der Waals surface area contributed by atoms with Gasteiger partial charge in [-0.2, -0.15) is 0 Å². The molecule has 138 valence electrons. The van der Waals surface area contributed by atoms with Crippen LogP contribution < -0.4 is 11.1 Å². The van der Waals surface area contributed by atoms with Crippen LogP contribution in [0.2, 0.25) is 0 Å². The largest absolute Gasteiger partial charge is 0.368 e. The molecule has 0 aliphatic heterocycles. The molecule has 0 saturated heterocycles. The van der Waals surface area contributed by atoms with E-state index in [1.807, 2.05) is 0 Å². The molecular formula is C19H18FN5O2. The number of hydrogen-bond donors (Lipinski definition) is 2. The minimum Gasteiger partial charge on any atom is -0.368 e. The van der Waals surface area contributed by atoms with E-state index in [0.29, 0.717) is 22.7 Å². The van der Waals surface area contributed by atoms with Crippen molar-refractivity contribution in [2.45, 2.75) is 32.2 Å². The first kappa shape index (κ1) is 17.1. The first-order valence-electron chi connectivity index (χ1n) is 8.75. The molecular weight excluding hydrogens is 349 g/mol. The van der Waals surface area contributed by atoms with Gasteiger partial charge in [-0.1, -0.05) is 17.3 Å². The minimum atomic E-state index is -0.350. The summed E-state index contributed by atoms with van der Waals surface area (Å²) in [7, 11) is 0. The second-order valence-corrected chi connectivity index (χ2v) is 6.43. The number of carbonyl (C=O) groups is 1. The SMILES string of the molecule is Nc1nc2c(c(C(=O)NCc3cc(-c4cccc(F)c4)no3)n1)CCCC2. The summed E-state index contributed by atoms with van der Waals surface area (Å²) in [6.07, 6.45) is 3.61. The van der Waals surface area contributed by atoms with Crippen molar-refractivity contribution in [3.05, 3.63) is 58.9 Å². The van der Waals surface area contributed by atoms with Crippen molar-refractivity contribution in [3.8, 4) is 11.3 Å². The highest BCUT2D eigenvalue weighted by Crippen LogP contribution is 2.23. The lowest BCUT2D eigenvalue weighted by atomic mass is 9.94. The number of amides is 1. The van der Waals surface area contributed by atoms with E-state index in [-0.39, 0.29) is 24.2 Å². The maximum Gasteiger partial charge on any atom is 0.270 e. The van der Waals surface area contributed by atoms with Crippen LogP contribution in [0, 0.1) is 5.82 Å². The van der Waals surface area contributed by atoms with Gasteiger partial charge < -0.3 is 15.6 Å². The number of aryl methyl sites for hydroxylation is 1. The topological polar surface area (TPSA) is 107 Å². The zero-order chi connectivity index (χ0) is 18.8. The molecule has 2 aromatic heterocycles. The smallest absolute Gasteiger partial charge is 0.270 e. The maximum atomic E-state index is 13.3. The van der Waals surface area contributed by atoms with Gasteiger partial charge in [-0.15, -0.1) is 0 Å². The zero-order valence-corrected chi connectivity index (χ0v) is 14.5. The fraction of sp³-hybridized carbons (Fsp3) is 0.263. The highest BCUT2D eigenvalue weighted by molar-refractivity contribution is 5.94. The molecule has 7 nitrogen and oxygen atoms in total. The number of nitrogen functional groups attached to an aromatic ring is 1. The Bertz CT molecular complexity index is 1000. The van der Waals surface area contributed by atoms with Crippen LogP contribution in [0.1, 0.15) is 40.3 Å². The fourth-order valence-corrected chi connectivity index (χ4v) is 3.23. The second kappa shape index (κ2) is 7.14. The Morgan fingerprint density at radius 1 is 1.22 bits per heavy atom. The molecule has 3 aromatic rings. The summed E-state index contributed by atoms with van der Waals surface area (Å²) in [6.45, 7) is 0.139. The highest BCUT2D eigenvalue weighted by atomic mass is 19.1. The van der Waals surface area contributed by atoms with E-state index in [4.69, 9.17) is 10.3 Å². The highest BCUT2D eigenvalue weighted by Gasteiger charge is 2.22. The van der Waals surface area contributed by atoms with Crippen LogP contribution >= 0.6 is 0 Å². The minimum absolute atomic E-state index is 0.105. The van der Waals surface area contributed by atoms with Crippen LogP contribution in [0.4, 0.5) is 10.3 Å². The van der Waals surface area contributed by atoms with Gasteiger partial charge in [0.05, 0.1) is 6.54 Å². The number of carbonyl (C=O) groups excluding carboxylic acids is 1. The van der Waals surface area contributed by atoms with E-state index < -0.39 is 0 Å². The van der Waals surface area contributed by atoms with Crippen LogP contribution in [0.25, 0.3) is 11.3 Å². The average molecular weight is 367 g/mol. The van der Waals surface area contributed by atoms with E-state index >= 15 is 0 Å². The predicted octanol–water partition coefficient (Wildman–Crippen LogP) is 2.66. The molecule has 8 heteroatoms.